The Balaban J connectivity index is -0.000000150. The molecule has 0 atom stereocenters. The van der Waals surface area contributed by atoms with Crippen molar-refractivity contribution in [2.24, 2.45) is 11.5 Å². The first-order valence-corrected chi connectivity index (χ1v) is 4.62. The molecule has 7 nitrogen and oxygen atoms in total. The van der Waals surface area contributed by atoms with Gasteiger partial charge >= 0.3 is 10.4 Å². The number of hydrogen-bond donors (Lipinski definition) is 5. The molecular weight excluding hydrogens is 293 g/mol. The topological polar surface area (TPSA) is 139 Å². The van der Waals surface area contributed by atoms with Gasteiger partial charge in [0.1, 0.15) is 0 Å². The molecule has 0 saturated heterocycles. The van der Waals surface area contributed by atoms with Crippen LogP contribution in [-0.2, 0) is 30.8 Å². The van der Waals surface area contributed by atoms with E-state index in [9.17, 15) is 0 Å². The second kappa shape index (κ2) is 12.4. The molecule has 0 spiro atoms. The summed E-state index contributed by atoms with van der Waals surface area (Å²) in [5, 5.41) is 3.03. The molecule has 86 valence electrons. The van der Waals surface area contributed by atoms with Crippen LogP contribution < -0.4 is 16.8 Å². The first-order valence-electron chi connectivity index (χ1n) is 3.22. The average molecular weight is 308 g/mol. The number of hydrogen-bond acceptors (Lipinski definition) is 5. The van der Waals surface area contributed by atoms with Crippen molar-refractivity contribution in [1.29, 1.82) is 0 Å². The monoisotopic (exact) mass is 307 g/mol. The summed E-state index contributed by atoms with van der Waals surface area (Å²) in [4.78, 5) is 0. The van der Waals surface area contributed by atoms with Crippen molar-refractivity contribution >= 4 is 10.4 Å². The van der Waals surface area contributed by atoms with Gasteiger partial charge in [-0.25, -0.2) is 0 Å². The maximum absolute atomic E-state index is 8.74. The predicted molar refractivity (Wildman–Crippen MR) is 45.2 cm³/mol. The molecule has 13 heavy (non-hydrogen) atoms. The molecule has 0 aliphatic heterocycles. The van der Waals surface area contributed by atoms with Crippen LogP contribution in [0, 0.1) is 0 Å². The van der Waals surface area contributed by atoms with Gasteiger partial charge in [-0.05, 0) is 0 Å². The molecule has 0 aromatic heterocycles. The van der Waals surface area contributed by atoms with E-state index in [2.05, 4.69) is 5.32 Å². The molecular formula is C4H15N3O4PdS. The van der Waals surface area contributed by atoms with Gasteiger partial charge in [-0.15, -0.1) is 0 Å². The molecule has 0 saturated carbocycles. The van der Waals surface area contributed by atoms with Crippen LogP contribution in [-0.4, -0.2) is 43.7 Å². The van der Waals surface area contributed by atoms with Gasteiger partial charge in [0.05, 0.1) is 0 Å². The third-order valence-corrected chi connectivity index (χ3v) is 0.642. The Morgan fingerprint density at radius 3 is 1.46 bits per heavy atom. The fraction of sp³-hybridized carbons (Fsp3) is 1.00. The molecule has 0 radical (unpaired) electrons. The zero-order valence-electron chi connectivity index (χ0n) is 6.92. The quantitative estimate of drug-likeness (QED) is 0.226. The summed E-state index contributed by atoms with van der Waals surface area (Å²) in [6, 6.07) is 0. The Kier molecular flexibility index (Phi) is 18.2. The van der Waals surface area contributed by atoms with Crippen LogP contribution in [0.25, 0.3) is 0 Å². The normalized spacial score (nSPS) is 9.54. The number of nitrogens with two attached hydrogens (primary N) is 2. The standard InChI is InChI=1S/C4H13N3.H2O4S.Pd/c5-1-3-7-4-2-6;1-5(2,3)4;/h7H,1-6H2;(H2,1,2,3,4);. The molecule has 0 aromatic rings. The van der Waals surface area contributed by atoms with Gasteiger partial charge in [0.15, 0.2) is 0 Å². The van der Waals surface area contributed by atoms with Gasteiger partial charge in [-0.1, -0.05) is 0 Å². The van der Waals surface area contributed by atoms with Gasteiger partial charge in [-0.3, -0.25) is 9.11 Å². The molecule has 0 fully saturated rings. The second-order valence-corrected chi connectivity index (χ2v) is 2.67. The molecule has 0 bridgehead atoms. The molecule has 0 aromatic carbocycles. The smallest absolute Gasteiger partial charge is 0.329 e. The van der Waals surface area contributed by atoms with Crippen LogP contribution in [0.1, 0.15) is 0 Å². The summed E-state index contributed by atoms with van der Waals surface area (Å²) in [5.74, 6) is 0. The Bertz CT molecular complexity index is 162. The van der Waals surface area contributed by atoms with Crippen LogP contribution in [0.5, 0.6) is 0 Å². The van der Waals surface area contributed by atoms with Crippen molar-refractivity contribution in [3.8, 4) is 0 Å². The summed E-state index contributed by atoms with van der Waals surface area (Å²) in [6.07, 6.45) is 0. The van der Waals surface area contributed by atoms with Crippen LogP contribution in [0.3, 0.4) is 0 Å². The minimum Gasteiger partial charge on any atom is -0.329 e. The molecule has 7 N–H and O–H groups in total. The fourth-order valence-corrected chi connectivity index (χ4v) is 0.329. The van der Waals surface area contributed by atoms with Crippen molar-refractivity contribution in [2.45, 2.75) is 0 Å². The van der Waals surface area contributed by atoms with Gasteiger partial charge in [0.2, 0.25) is 0 Å². The van der Waals surface area contributed by atoms with Crippen molar-refractivity contribution in [3.63, 3.8) is 0 Å². The molecule has 0 rings (SSSR count). The second-order valence-electron chi connectivity index (χ2n) is 1.78. The van der Waals surface area contributed by atoms with Gasteiger partial charge < -0.3 is 16.8 Å². The summed E-state index contributed by atoms with van der Waals surface area (Å²) in [7, 11) is -4.67. The summed E-state index contributed by atoms with van der Waals surface area (Å²) < 4.78 is 31.6. The molecule has 0 aliphatic carbocycles. The maximum Gasteiger partial charge on any atom is 0.394 e. The summed E-state index contributed by atoms with van der Waals surface area (Å²) in [6.45, 7) is 3.13. The third kappa shape index (κ3) is 69.1. The molecule has 0 heterocycles. The third-order valence-electron chi connectivity index (χ3n) is 0.642. The van der Waals surface area contributed by atoms with E-state index in [4.69, 9.17) is 29.0 Å². The fourth-order valence-electron chi connectivity index (χ4n) is 0.329. The minimum absolute atomic E-state index is 0. The molecule has 0 unspecified atom stereocenters. The van der Waals surface area contributed by atoms with E-state index in [0.29, 0.717) is 13.1 Å². The van der Waals surface area contributed by atoms with E-state index in [1.54, 1.807) is 0 Å². The largest absolute Gasteiger partial charge is 0.394 e. The minimum atomic E-state index is -4.67. The van der Waals surface area contributed by atoms with Crippen molar-refractivity contribution in [3.05, 3.63) is 0 Å². The van der Waals surface area contributed by atoms with Gasteiger partial charge in [0, 0.05) is 46.6 Å². The predicted octanol–water partition coefficient (Wildman–Crippen LogP) is -2.16. The molecule has 0 amide bonds. The van der Waals surface area contributed by atoms with Crippen LogP contribution in [0.2, 0.25) is 0 Å². The molecule has 9 heteroatoms. The van der Waals surface area contributed by atoms with Crippen molar-refractivity contribution in [2.75, 3.05) is 26.2 Å². The Hall–Kier alpha value is 0.412. The Morgan fingerprint density at radius 1 is 1.08 bits per heavy atom. The van der Waals surface area contributed by atoms with Crippen LogP contribution in [0.4, 0.5) is 0 Å². The Labute approximate surface area is 91.5 Å². The first kappa shape index (κ1) is 19.1. The number of nitrogens with one attached hydrogen (secondary N) is 1. The molecule has 0 aliphatic rings. The van der Waals surface area contributed by atoms with E-state index < -0.39 is 10.4 Å². The number of rotatable bonds is 4. The summed E-state index contributed by atoms with van der Waals surface area (Å²) >= 11 is 0. The van der Waals surface area contributed by atoms with E-state index in [0.717, 1.165) is 13.1 Å². The van der Waals surface area contributed by atoms with Gasteiger partial charge in [-0.2, -0.15) is 8.42 Å². The average Bonchev–Trinajstić information content (AvgIpc) is 1.85. The van der Waals surface area contributed by atoms with E-state index in [-0.39, 0.29) is 20.4 Å². The van der Waals surface area contributed by atoms with Gasteiger partial charge in [0.25, 0.3) is 0 Å². The Morgan fingerprint density at radius 2 is 1.31 bits per heavy atom. The first-order chi connectivity index (χ1) is 5.41. The maximum atomic E-state index is 8.74. The summed E-state index contributed by atoms with van der Waals surface area (Å²) in [5.41, 5.74) is 10.3. The van der Waals surface area contributed by atoms with E-state index in [1.807, 2.05) is 0 Å². The van der Waals surface area contributed by atoms with Crippen LogP contribution >= 0.6 is 0 Å². The van der Waals surface area contributed by atoms with Crippen LogP contribution in [0.15, 0.2) is 0 Å². The zero-order chi connectivity index (χ0) is 10.0. The van der Waals surface area contributed by atoms with E-state index >= 15 is 0 Å². The van der Waals surface area contributed by atoms with Crippen molar-refractivity contribution in [1.82, 2.24) is 5.32 Å². The van der Waals surface area contributed by atoms with E-state index in [1.165, 1.54) is 0 Å². The zero-order valence-corrected chi connectivity index (χ0v) is 9.29. The van der Waals surface area contributed by atoms with Crippen molar-refractivity contribution < 1.29 is 37.9 Å². The SMILES string of the molecule is NCCNCCN.O=S(=O)(O)O.[Pd].